The average molecular weight is 352 g/mol. The molecule has 7 heteroatoms. The van der Waals surface area contributed by atoms with E-state index in [0.29, 0.717) is 12.2 Å². The maximum atomic E-state index is 12.7. The minimum Gasteiger partial charge on any atom is -0.394 e. The molecule has 23 heavy (non-hydrogen) atoms. The van der Waals surface area contributed by atoms with Crippen LogP contribution in [0.25, 0.3) is 10.6 Å². The Morgan fingerprint density at radius 3 is 2.91 bits per heavy atom. The highest BCUT2D eigenvalue weighted by Gasteiger charge is 2.36. The summed E-state index contributed by atoms with van der Waals surface area (Å²) in [6, 6.07) is 1.91. The molecule has 2 aromatic rings. The topological polar surface area (TPSA) is 86.2 Å². The first kappa shape index (κ1) is 16.7. The minimum absolute atomic E-state index is 0.0528. The van der Waals surface area contributed by atoms with Crippen molar-refractivity contribution >= 4 is 28.9 Å². The monoisotopic (exact) mass is 352 g/mol. The molecule has 0 spiro atoms. The molecular formula is C16H20N2O3S2. The fourth-order valence-corrected chi connectivity index (χ4v) is 5.44. The van der Waals surface area contributed by atoms with Gasteiger partial charge in [-0.3, -0.25) is 9.89 Å². The van der Waals surface area contributed by atoms with Crippen LogP contribution in [0, 0.1) is 5.41 Å². The number of carbonyl (C=O) groups excluding carboxylic acids is 1. The summed E-state index contributed by atoms with van der Waals surface area (Å²) >= 11 is 3.00. The number of aromatic nitrogens is 2. The van der Waals surface area contributed by atoms with E-state index >= 15 is 0 Å². The molecule has 2 heterocycles. The van der Waals surface area contributed by atoms with Crippen LogP contribution in [-0.4, -0.2) is 44.7 Å². The van der Waals surface area contributed by atoms with Gasteiger partial charge in [0, 0.05) is 23.9 Å². The van der Waals surface area contributed by atoms with Crippen LogP contribution in [0.3, 0.4) is 0 Å². The van der Waals surface area contributed by atoms with Crippen molar-refractivity contribution in [1.29, 1.82) is 0 Å². The van der Waals surface area contributed by atoms with E-state index in [1.807, 2.05) is 6.07 Å². The van der Waals surface area contributed by atoms with E-state index in [9.17, 15) is 9.90 Å². The largest absolute Gasteiger partial charge is 0.394 e. The Hall–Kier alpha value is -1.15. The molecule has 0 saturated carbocycles. The van der Waals surface area contributed by atoms with Crippen LogP contribution in [0.4, 0.5) is 0 Å². The number of thiophene rings is 1. The summed E-state index contributed by atoms with van der Waals surface area (Å²) in [6.45, 7) is 3.96. The highest BCUT2D eigenvalue weighted by atomic mass is 32.2. The average Bonchev–Trinajstić information content (AvgIpc) is 3.10. The smallest absolute Gasteiger partial charge is 0.165 e. The lowest BCUT2D eigenvalue weighted by atomic mass is 9.74. The summed E-state index contributed by atoms with van der Waals surface area (Å²) in [5.74, 6) is 0.537. The molecule has 3 N–H and O–H groups in total. The van der Waals surface area contributed by atoms with Gasteiger partial charge in [0.25, 0.3) is 0 Å². The normalized spacial score (nSPS) is 18.0. The summed E-state index contributed by atoms with van der Waals surface area (Å²) in [5, 5.41) is 25.7. The Morgan fingerprint density at radius 2 is 2.26 bits per heavy atom. The molecule has 1 aliphatic rings. The quantitative estimate of drug-likeness (QED) is 0.720. The third-order valence-electron chi connectivity index (χ3n) is 3.90. The van der Waals surface area contributed by atoms with Gasteiger partial charge in [0.05, 0.1) is 21.8 Å². The van der Waals surface area contributed by atoms with Gasteiger partial charge in [0.15, 0.2) is 5.78 Å². The van der Waals surface area contributed by atoms with Crippen LogP contribution < -0.4 is 0 Å². The van der Waals surface area contributed by atoms with E-state index in [1.165, 1.54) is 11.8 Å². The van der Waals surface area contributed by atoms with Crippen molar-refractivity contribution < 1.29 is 15.0 Å². The number of fused-ring (bicyclic) bond motifs is 1. The predicted octanol–water partition coefficient (Wildman–Crippen LogP) is 2.74. The van der Waals surface area contributed by atoms with Crippen molar-refractivity contribution in [3.05, 3.63) is 23.4 Å². The molecule has 0 aromatic carbocycles. The molecule has 0 amide bonds. The Bertz CT molecular complexity index is 707. The number of aromatic amines is 1. The highest BCUT2D eigenvalue weighted by Crippen LogP contribution is 2.48. The Morgan fingerprint density at radius 1 is 1.48 bits per heavy atom. The Labute approximate surface area is 143 Å². The molecule has 0 aliphatic heterocycles. The zero-order valence-electron chi connectivity index (χ0n) is 13.1. The van der Waals surface area contributed by atoms with E-state index < -0.39 is 6.10 Å². The van der Waals surface area contributed by atoms with E-state index in [1.54, 1.807) is 17.5 Å². The molecular weight excluding hydrogens is 332 g/mol. The number of aliphatic hydroxyl groups excluding tert-OH is 2. The van der Waals surface area contributed by atoms with Crippen molar-refractivity contribution in [1.82, 2.24) is 10.2 Å². The van der Waals surface area contributed by atoms with E-state index in [-0.39, 0.29) is 17.8 Å². The molecule has 1 atom stereocenters. The van der Waals surface area contributed by atoms with Gasteiger partial charge < -0.3 is 10.2 Å². The number of thioether (sulfide) groups is 1. The van der Waals surface area contributed by atoms with Crippen LogP contribution in [0.2, 0.25) is 0 Å². The van der Waals surface area contributed by atoms with Crippen molar-refractivity contribution in [2.75, 3.05) is 12.4 Å². The lowest BCUT2D eigenvalue weighted by Crippen LogP contribution is -2.26. The Kier molecular flexibility index (Phi) is 4.64. The zero-order chi connectivity index (χ0) is 16.6. The van der Waals surface area contributed by atoms with Gasteiger partial charge in [-0.2, -0.15) is 5.10 Å². The molecule has 124 valence electrons. The molecule has 5 nitrogen and oxygen atoms in total. The fourth-order valence-electron chi connectivity index (χ4n) is 2.88. The third kappa shape index (κ3) is 3.38. The van der Waals surface area contributed by atoms with Gasteiger partial charge in [0.2, 0.25) is 0 Å². The molecule has 1 aliphatic carbocycles. The molecule has 2 aromatic heterocycles. The number of aliphatic hydroxyl groups is 2. The van der Waals surface area contributed by atoms with Gasteiger partial charge in [-0.15, -0.1) is 23.1 Å². The number of hydrogen-bond acceptors (Lipinski definition) is 6. The second-order valence-electron chi connectivity index (χ2n) is 6.62. The number of nitrogens with zero attached hydrogens (tertiary/aromatic N) is 1. The van der Waals surface area contributed by atoms with E-state index in [0.717, 1.165) is 32.3 Å². The number of ketones is 1. The first-order valence-electron chi connectivity index (χ1n) is 7.52. The second kappa shape index (κ2) is 6.39. The molecule has 0 saturated heterocycles. The van der Waals surface area contributed by atoms with E-state index in [2.05, 4.69) is 24.0 Å². The molecule has 1 unspecified atom stereocenters. The Balaban J connectivity index is 2.03. The second-order valence-corrected chi connectivity index (χ2v) is 8.93. The number of rotatable bonds is 5. The third-order valence-corrected chi connectivity index (χ3v) is 6.57. The molecule has 0 fully saturated rings. The van der Waals surface area contributed by atoms with Crippen LogP contribution in [0.5, 0.6) is 0 Å². The number of Topliss-reactive ketones (excluding diaryl/α,β-unsaturated/α-hetero) is 1. The molecule has 3 rings (SSSR count). The van der Waals surface area contributed by atoms with Crippen molar-refractivity contribution in [2.24, 2.45) is 5.41 Å². The number of hydrogen-bond donors (Lipinski definition) is 3. The van der Waals surface area contributed by atoms with Crippen LogP contribution >= 0.6 is 23.1 Å². The van der Waals surface area contributed by atoms with Crippen molar-refractivity contribution in [3.8, 4) is 10.6 Å². The summed E-state index contributed by atoms with van der Waals surface area (Å²) in [5.41, 5.74) is 2.67. The van der Waals surface area contributed by atoms with Gasteiger partial charge >= 0.3 is 0 Å². The first-order valence-corrected chi connectivity index (χ1v) is 9.32. The lowest BCUT2D eigenvalue weighted by molar-refractivity contribution is 0.0910. The number of carbonyl (C=O) groups is 1. The summed E-state index contributed by atoms with van der Waals surface area (Å²) in [4.78, 5) is 13.7. The summed E-state index contributed by atoms with van der Waals surface area (Å²) in [6.07, 6.45) is 2.38. The maximum Gasteiger partial charge on any atom is 0.165 e. The lowest BCUT2D eigenvalue weighted by Gasteiger charge is -2.29. The highest BCUT2D eigenvalue weighted by molar-refractivity contribution is 8.01. The van der Waals surface area contributed by atoms with Gasteiger partial charge in [-0.05, 0) is 23.5 Å². The first-order chi connectivity index (χ1) is 10.9. The maximum absolute atomic E-state index is 12.7. The fraction of sp³-hybridized carbons (Fsp3) is 0.500. The SMILES string of the molecule is CC1(C)CC(=O)c2c(SCC(O)CO)sc(-c3cc[nH]n3)c2C1. The minimum atomic E-state index is -0.776. The summed E-state index contributed by atoms with van der Waals surface area (Å²) < 4.78 is 0.922. The molecule has 0 bridgehead atoms. The van der Waals surface area contributed by atoms with Gasteiger partial charge in [-0.25, -0.2) is 0 Å². The van der Waals surface area contributed by atoms with Crippen LogP contribution in [0.15, 0.2) is 16.5 Å². The number of H-pyrrole nitrogens is 1. The molecule has 0 radical (unpaired) electrons. The van der Waals surface area contributed by atoms with Crippen LogP contribution in [0.1, 0.15) is 36.2 Å². The number of nitrogens with one attached hydrogen (secondary N) is 1. The zero-order valence-corrected chi connectivity index (χ0v) is 14.8. The van der Waals surface area contributed by atoms with Gasteiger partial charge in [-0.1, -0.05) is 13.8 Å². The van der Waals surface area contributed by atoms with Crippen molar-refractivity contribution in [2.45, 2.75) is 37.0 Å². The van der Waals surface area contributed by atoms with Gasteiger partial charge in [0.1, 0.15) is 5.69 Å². The predicted molar refractivity (Wildman–Crippen MR) is 92.1 cm³/mol. The van der Waals surface area contributed by atoms with E-state index in [4.69, 9.17) is 5.11 Å². The van der Waals surface area contributed by atoms with Crippen molar-refractivity contribution in [3.63, 3.8) is 0 Å². The summed E-state index contributed by atoms with van der Waals surface area (Å²) in [7, 11) is 0. The standard InChI is InChI=1S/C16H20N2O3S2/c1-16(2)5-10-13(12(21)6-16)15(22-8-9(20)7-19)23-14(10)11-3-4-17-18-11/h3-4,9,19-20H,5-8H2,1-2H3,(H,17,18). The van der Waals surface area contributed by atoms with Crippen LogP contribution in [-0.2, 0) is 6.42 Å².